The van der Waals surface area contributed by atoms with Gasteiger partial charge in [0.25, 0.3) is 5.91 Å². The van der Waals surface area contributed by atoms with E-state index in [1.165, 1.54) is 11.3 Å². The second-order valence-electron chi connectivity index (χ2n) is 6.22. The van der Waals surface area contributed by atoms with Gasteiger partial charge < -0.3 is 15.0 Å². The highest BCUT2D eigenvalue weighted by Crippen LogP contribution is 2.16. The van der Waals surface area contributed by atoms with Gasteiger partial charge in [-0.15, -0.1) is 11.3 Å². The standard InChI is InChI=1S/C15H22N2O3S/c1-15(2,3)20-14(19)17-8-4-6-11(10-17)16-13(18)12-7-5-9-21-12/h5,7,9,11H,4,6,8,10H2,1-3H3,(H,16,18)/t11-/m1/s1. The molecule has 0 unspecified atom stereocenters. The number of thiophene rings is 1. The zero-order valence-electron chi connectivity index (χ0n) is 12.7. The van der Waals surface area contributed by atoms with Crippen molar-refractivity contribution in [2.24, 2.45) is 0 Å². The maximum Gasteiger partial charge on any atom is 0.410 e. The molecule has 1 aromatic heterocycles. The molecule has 1 fully saturated rings. The van der Waals surface area contributed by atoms with Crippen molar-refractivity contribution in [2.75, 3.05) is 13.1 Å². The molecule has 116 valence electrons. The van der Waals surface area contributed by atoms with Gasteiger partial charge in [-0.25, -0.2) is 4.79 Å². The number of carbonyl (C=O) groups is 2. The molecule has 0 spiro atoms. The Labute approximate surface area is 129 Å². The molecule has 1 aliphatic heterocycles. The van der Waals surface area contributed by atoms with Crippen molar-refractivity contribution in [1.29, 1.82) is 0 Å². The number of amides is 2. The van der Waals surface area contributed by atoms with E-state index in [9.17, 15) is 9.59 Å². The molecule has 5 nitrogen and oxygen atoms in total. The Bertz CT molecular complexity index is 494. The van der Waals surface area contributed by atoms with E-state index in [2.05, 4.69) is 5.32 Å². The smallest absolute Gasteiger partial charge is 0.410 e. The number of nitrogens with zero attached hydrogens (tertiary/aromatic N) is 1. The predicted molar refractivity (Wildman–Crippen MR) is 82.6 cm³/mol. The van der Waals surface area contributed by atoms with Crippen molar-refractivity contribution in [3.63, 3.8) is 0 Å². The molecule has 2 rings (SSSR count). The molecule has 0 aromatic carbocycles. The van der Waals surface area contributed by atoms with Crippen LogP contribution in [0.3, 0.4) is 0 Å². The molecule has 1 aromatic rings. The normalized spacial score (nSPS) is 19.2. The van der Waals surface area contributed by atoms with E-state index < -0.39 is 5.60 Å². The lowest BCUT2D eigenvalue weighted by Crippen LogP contribution is -2.50. The van der Waals surface area contributed by atoms with Crippen molar-refractivity contribution in [3.8, 4) is 0 Å². The number of ether oxygens (including phenoxy) is 1. The third kappa shape index (κ3) is 4.74. The summed E-state index contributed by atoms with van der Waals surface area (Å²) < 4.78 is 5.38. The minimum atomic E-state index is -0.496. The molecule has 1 N–H and O–H groups in total. The van der Waals surface area contributed by atoms with Gasteiger partial charge in [0.15, 0.2) is 0 Å². The zero-order valence-corrected chi connectivity index (χ0v) is 13.5. The maximum atomic E-state index is 12.1. The Hall–Kier alpha value is -1.56. The van der Waals surface area contributed by atoms with Crippen molar-refractivity contribution >= 4 is 23.3 Å². The molecule has 0 radical (unpaired) electrons. The topological polar surface area (TPSA) is 58.6 Å². The summed E-state index contributed by atoms with van der Waals surface area (Å²) >= 11 is 1.42. The van der Waals surface area contributed by atoms with Gasteiger partial charge in [-0.3, -0.25) is 4.79 Å². The third-order valence-corrected chi connectivity index (χ3v) is 4.02. The van der Waals surface area contributed by atoms with E-state index in [0.717, 1.165) is 12.8 Å². The van der Waals surface area contributed by atoms with Crippen LogP contribution in [0, 0.1) is 0 Å². The molecule has 2 heterocycles. The summed E-state index contributed by atoms with van der Waals surface area (Å²) in [5.74, 6) is -0.0685. The zero-order chi connectivity index (χ0) is 15.5. The summed E-state index contributed by atoms with van der Waals surface area (Å²) in [7, 11) is 0. The molecule has 1 atom stereocenters. The van der Waals surface area contributed by atoms with E-state index in [4.69, 9.17) is 4.74 Å². The van der Waals surface area contributed by atoms with Crippen LogP contribution >= 0.6 is 11.3 Å². The van der Waals surface area contributed by atoms with Crippen molar-refractivity contribution in [1.82, 2.24) is 10.2 Å². The molecule has 1 aliphatic rings. The molecular formula is C15H22N2O3S. The lowest BCUT2D eigenvalue weighted by atomic mass is 10.1. The van der Waals surface area contributed by atoms with Gasteiger partial charge in [0.2, 0.25) is 0 Å². The second kappa shape index (κ2) is 6.47. The van der Waals surface area contributed by atoms with Crippen molar-refractivity contribution < 1.29 is 14.3 Å². The van der Waals surface area contributed by atoms with Crippen LogP contribution in [0.5, 0.6) is 0 Å². The Kier molecular flexibility index (Phi) is 4.88. The van der Waals surface area contributed by atoms with Crippen LogP contribution < -0.4 is 5.32 Å². The predicted octanol–water partition coefficient (Wildman–Crippen LogP) is 2.88. The van der Waals surface area contributed by atoms with Crippen LogP contribution in [0.25, 0.3) is 0 Å². The Balaban J connectivity index is 1.89. The van der Waals surface area contributed by atoms with E-state index in [-0.39, 0.29) is 18.0 Å². The van der Waals surface area contributed by atoms with Gasteiger partial charge in [-0.1, -0.05) is 6.07 Å². The summed E-state index contributed by atoms with van der Waals surface area (Å²) in [6.07, 6.45) is 1.45. The highest BCUT2D eigenvalue weighted by atomic mass is 32.1. The van der Waals surface area contributed by atoms with Gasteiger partial charge in [0, 0.05) is 19.1 Å². The first kappa shape index (κ1) is 15.8. The molecular weight excluding hydrogens is 288 g/mol. The SMILES string of the molecule is CC(C)(C)OC(=O)N1CCC[C@@H](NC(=O)c2cccs2)C1. The fourth-order valence-electron chi connectivity index (χ4n) is 2.25. The van der Waals surface area contributed by atoms with Gasteiger partial charge in [-0.05, 0) is 45.1 Å². The van der Waals surface area contributed by atoms with Crippen molar-refractivity contribution in [3.05, 3.63) is 22.4 Å². The van der Waals surface area contributed by atoms with E-state index in [1.807, 2.05) is 32.2 Å². The van der Waals surface area contributed by atoms with Gasteiger partial charge >= 0.3 is 6.09 Å². The summed E-state index contributed by atoms with van der Waals surface area (Å²) in [5, 5.41) is 4.87. The van der Waals surface area contributed by atoms with Crippen LogP contribution in [-0.4, -0.2) is 41.6 Å². The number of rotatable bonds is 2. The minimum absolute atomic E-state index is 0.0131. The monoisotopic (exact) mass is 310 g/mol. The average molecular weight is 310 g/mol. The first-order valence-corrected chi connectivity index (χ1v) is 8.05. The summed E-state index contributed by atoms with van der Waals surface area (Å²) in [4.78, 5) is 26.5. The summed E-state index contributed by atoms with van der Waals surface area (Å²) in [6, 6.07) is 3.64. The molecule has 1 saturated heterocycles. The number of piperidine rings is 1. The van der Waals surface area contributed by atoms with E-state index in [1.54, 1.807) is 11.0 Å². The first-order valence-electron chi connectivity index (χ1n) is 7.17. The molecule has 2 amide bonds. The Morgan fingerprint density at radius 3 is 2.81 bits per heavy atom. The number of hydrogen-bond donors (Lipinski definition) is 1. The average Bonchev–Trinajstić information content (AvgIpc) is 2.91. The quantitative estimate of drug-likeness (QED) is 0.914. The molecule has 0 saturated carbocycles. The number of hydrogen-bond acceptors (Lipinski definition) is 4. The maximum absolute atomic E-state index is 12.1. The molecule has 6 heteroatoms. The summed E-state index contributed by atoms with van der Waals surface area (Å²) in [5.41, 5.74) is -0.496. The first-order chi connectivity index (χ1) is 9.85. The lowest BCUT2D eigenvalue weighted by molar-refractivity contribution is 0.0186. The number of likely N-dealkylation sites (tertiary alicyclic amines) is 1. The minimum Gasteiger partial charge on any atom is -0.444 e. The van der Waals surface area contributed by atoms with Crippen LogP contribution in [0.2, 0.25) is 0 Å². The lowest BCUT2D eigenvalue weighted by Gasteiger charge is -2.34. The van der Waals surface area contributed by atoms with Gasteiger partial charge in [-0.2, -0.15) is 0 Å². The largest absolute Gasteiger partial charge is 0.444 e. The Morgan fingerprint density at radius 1 is 1.43 bits per heavy atom. The fraction of sp³-hybridized carbons (Fsp3) is 0.600. The Morgan fingerprint density at radius 2 is 2.19 bits per heavy atom. The summed E-state index contributed by atoms with van der Waals surface area (Å²) in [6.45, 7) is 6.74. The van der Waals surface area contributed by atoms with Gasteiger partial charge in [0.05, 0.1) is 4.88 Å². The molecule has 21 heavy (non-hydrogen) atoms. The highest BCUT2D eigenvalue weighted by molar-refractivity contribution is 7.12. The highest BCUT2D eigenvalue weighted by Gasteiger charge is 2.28. The molecule has 0 bridgehead atoms. The fourth-order valence-corrected chi connectivity index (χ4v) is 2.88. The van der Waals surface area contributed by atoms with E-state index >= 15 is 0 Å². The van der Waals surface area contributed by atoms with Crippen molar-refractivity contribution in [2.45, 2.75) is 45.3 Å². The van der Waals surface area contributed by atoms with Crippen LogP contribution in [0.4, 0.5) is 4.79 Å². The third-order valence-electron chi connectivity index (χ3n) is 3.15. The van der Waals surface area contributed by atoms with E-state index in [0.29, 0.717) is 18.0 Å². The second-order valence-corrected chi connectivity index (χ2v) is 7.16. The molecule has 0 aliphatic carbocycles. The number of nitrogens with one attached hydrogen (secondary N) is 1. The van der Waals surface area contributed by atoms with Crippen LogP contribution in [0.1, 0.15) is 43.3 Å². The number of carbonyl (C=O) groups excluding carboxylic acids is 2. The van der Waals surface area contributed by atoms with Crippen LogP contribution in [0.15, 0.2) is 17.5 Å². The van der Waals surface area contributed by atoms with Gasteiger partial charge in [0.1, 0.15) is 5.60 Å². The van der Waals surface area contributed by atoms with Crippen LogP contribution in [-0.2, 0) is 4.74 Å².